The van der Waals surface area contributed by atoms with Gasteiger partial charge in [0, 0.05) is 5.02 Å². The molecule has 2 aromatic rings. The lowest BCUT2D eigenvalue weighted by atomic mass is 10.1. The molecule has 1 aliphatic rings. The van der Waals surface area contributed by atoms with Crippen LogP contribution in [-0.4, -0.2) is 11.8 Å². The first-order chi connectivity index (χ1) is 10.8. The summed E-state index contributed by atoms with van der Waals surface area (Å²) < 4.78 is 0. The second kappa shape index (κ2) is 5.99. The number of halogens is 6. The highest BCUT2D eigenvalue weighted by atomic mass is 35.5. The summed E-state index contributed by atoms with van der Waals surface area (Å²) in [7, 11) is 0. The van der Waals surface area contributed by atoms with Crippen LogP contribution in [0, 0.1) is 0 Å². The van der Waals surface area contributed by atoms with Crippen molar-refractivity contribution in [2.75, 3.05) is 4.90 Å². The summed E-state index contributed by atoms with van der Waals surface area (Å²) in [6.45, 7) is 0. The molecule has 23 heavy (non-hydrogen) atoms. The molecule has 3 nitrogen and oxygen atoms in total. The molecule has 0 spiro atoms. The van der Waals surface area contributed by atoms with Crippen LogP contribution in [0.4, 0.5) is 5.69 Å². The van der Waals surface area contributed by atoms with Gasteiger partial charge >= 0.3 is 0 Å². The molecule has 0 bridgehead atoms. The second-order valence-corrected chi connectivity index (χ2v) is 6.90. The highest BCUT2D eigenvalue weighted by Gasteiger charge is 2.43. The minimum absolute atomic E-state index is 0.0951. The molecule has 0 atom stereocenters. The summed E-state index contributed by atoms with van der Waals surface area (Å²) >= 11 is 35.9. The predicted octanol–water partition coefficient (Wildman–Crippen LogP) is 6.41. The van der Waals surface area contributed by atoms with Gasteiger partial charge in [-0.3, -0.25) is 9.59 Å². The lowest BCUT2D eigenvalue weighted by Gasteiger charge is -2.15. The van der Waals surface area contributed by atoms with Gasteiger partial charge < -0.3 is 0 Å². The van der Waals surface area contributed by atoms with Gasteiger partial charge in [0.2, 0.25) is 0 Å². The zero-order chi connectivity index (χ0) is 17.0. The number of carbonyl (C=O) groups is 2. The Hall–Kier alpha value is -0.680. The third-order valence-electron chi connectivity index (χ3n) is 3.25. The average Bonchev–Trinajstić information content (AvgIpc) is 2.75. The van der Waals surface area contributed by atoms with E-state index in [1.807, 2.05) is 0 Å². The van der Waals surface area contributed by atoms with Gasteiger partial charge in [-0.15, -0.1) is 0 Å². The number of benzene rings is 2. The minimum Gasteiger partial charge on any atom is -0.268 e. The van der Waals surface area contributed by atoms with Gasteiger partial charge in [-0.1, -0.05) is 69.6 Å². The van der Waals surface area contributed by atoms with Crippen molar-refractivity contribution in [3.8, 4) is 0 Å². The molecule has 1 aliphatic heterocycles. The first kappa shape index (κ1) is 17.2. The van der Waals surface area contributed by atoms with Crippen LogP contribution >= 0.6 is 69.6 Å². The van der Waals surface area contributed by atoms with E-state index in [1.165, 1.54) is 18.2 Å². The summed E-state index contributed by atoms with van der Waals surface area (Å²) in [6.07, 6.45) is 0. The molecule has 2 aromatic carbocycles. The quantitative estimate of drug-likeness (QED) is 0.298. The van der Waals surface area contributed by atoms with Crippen LogP contribution in [0.3, 0.4) is 0 Å². The van der Waals surface area contributed by atoms with E-state index in [2.05, 4.69) is 0 Å². The molecule has 9 heteroatoms. The fourth-order valence-electron chi connectivity index (χ4n) is 2.23. The van der Waals surface area contributed by atoms with Crippen molar-refractivity contribution in [1.29, 1.82) is 0 Å². The monoisotopic (exact) mass is 427 g/mol. The Morgan fingerprint density at radius 1 is 0.696 bits per heavy atom. The van der Waals surface area contributed by atoms with Crippen molar-refractivity contribution in [3.05, 3.63) is 59.5 Å². The Balaban J connectivity index is 2.26. The molecule has 0 N–H and O–H groups in total. The van der Waals surface area contributed by atoms with Gasteiger partial charge in [-0.05, 0) is 18.2 Å². The van der Waals surface area contributed by atoms with Crippen LogP contribution in [0.25, 0.3) is 0 Å². The smallest absolute Gasteiger partial charge is 0.267 e. The number of fused-ring (bicyclic) bond motifs is 1. The normalized spacial score (nSPS) is 13.7. The summed E-state index contributed by atoms with van der Waals surface area (Å²) in [6, 6.07) is 4.35. The molecule has 0 saturated heterocycles. The van der Waals surface area contributed by atoms with E-state index in [1.54, 1.807) is 0 Å². The first-order valence-corrected chi connectivity index (χ1v) is 8.22. The maximum atomic E-state index is 12.6. The van der Waals surface area contributed by atoms with Crippen LogP contribution in [0.2, 0.25) is 30.1 Å². The molecule has 0 fully saturated rings. The topological polar surface area (TPSA) is 37.4 Å². The number of carbonyl (C=O) groups excluding carboxylic acids is 2. The van der Waals surface area contributed by atoms with E-state index < -0.39 is 11.8 Å². The second-order valence-electron chi connectivity index (χ2n) is 4.55. The fraction of sp³-hybridized carbons (Fsp3) is 0. The van der Waals surface area contributed by atoms with Crippen LogP contribution in [0.5, 0.6) is 0 Å². The van der Waals surface area contributed by atoms with E-state index in [9.17, 15) is 9.59 Å². The van der Waals surface area contributed by atoms with Gasteiger partial charge in [-0.25, -0.2) is 4.90 Å². The molecule has 1 heterocycles. The standard InChI is InChI=1S/C14H3Cl6NO2/c15-4-1-2-6(5(16)3-4)21-13(22)7-8(14(21)23)10(18)12(20)11(19)9(7)17/h1-3H. The maximum absolute atomic E-state index is 12.6. The van der Waals surface area contributed by atoms with Gasteiger partial charge in [0.15, 0.2) is 0 Å². The number of hydrogen-bond donors (Lipinski definition) is 0. The van der Waals surface area contributed by atoms with Crippen LogP contribution in [0.15, 0.2) is 18.2 Å². The third-order valence-corrected chi connectivity index (χ3v) is 5.59. The Kier molecular flexibility index (Phi) is 4.47. The highest BCUT2D eigenvalue weighted by Crippen LogP contribution is 2.46. The summed E-state index contributed by atoms with van der Waals surface area (Å²) in [4.78, 5) is 26.2. The zero-order valence-corrected chi connectivity index (χ0v) is 15.3. The maximum Gasteiger partial charge on any atom is 0.267 e. The van der Waals surface area contributed by atoms with Crippen molar-refractivity contribution in [1.82, 2.24) is 0 Å². The Morgan fingerprint density at radius 3 is 1.61 bits per heavy atom. The lowest BCUT2D eigenvalue weighted by molar-refractivity contribution is 0.0926. The van der Waals surface area contributed by atoms with Gasteiger partial charge in [0.05, 0.1) is 41.9 Å². The van der Waals surface area contributed by atoms with Crippen molar-refractivity contribution in [2.24, 2.45) is 0 Å². The number of rotatable bonds is 1. The zero-order valence-electron chi connectivity index (χ0n) is 10.8. The lowest BCUT2D eigenvalue weighted by Crippen LogP contribution is -2.29. The van der Waals surface area contributed by atoms with Crippen molar-refractivity contribution in [2.45, 2.75) is 0 Å². The molecule has 0 aliphatic carbocycles. The van der Waals surface area contributed by atoms with E-state index in [4.69, 9.17) is 69.6 Å². The molecule has 3 rings (SSSR count). The number of imide groups is 1. The van der Waals surface area contributed by atoms with E-state index >= 15 is 0 Å². The predicted molar refractivity (Wildman–Crippen MR) is 94.1 cm³/mol. The molecule has 2 amide bonds. The number of anilines is 1. The van der Waals surface area contributed by atoms with E-state index in [0.29, 0.717) is 5.02 Å². The average molecular weight is 430 g/mol. The van der Waals surface area contributed by atoms with Crippen LogP contribution in [0.1, 0.15) is 20.7 Å². The molecule has 0 unspecified atom stereocenters. The van der Waals surface area contributed by atoms with Crippen molar-refractivity contribution >= 4 is 87.1 Å². The Morgan fingerprint density at radius 2 is 1.17 bits per heavy atom. The molecule has 0 saturated carbocycles. The fourth-order valence-corrected chi connectivity index (χ4v) is 3.74. The van der Waals surface area contributed by atoms with E-state index in [0.717, 1.165) is 4.90 Å². The van der Waals surface area contributed by atoms with Gasteiger partial charge in [0.1, 0.15) is 0 Å². The molecular formula is C14H3Cl6NO2. The van der Waals surface area contributed by atoms with E-state index in [-0.39, 0.29) is 41.9 Å². The Labute approximate surface area is 160 Å². The minimum atomic E-state index is -0.695. The van der Waals surface area contributed by atoms with Crippen molar-refractivity contribution in [3.63, 3.8) is 0 Å². The third kappa shape index (κ3) is 2.51. The number of amides is 2. The van der Waals surface area contributed by atoms with Crippen LogP contribution < -0.4 is 4.90 Å². The molecule has 0 radical (unpaired) electrons. The number of hydrogen-bond acceptors (Lipinski definition) is 2. The highest BCUT2D eigenvalue weighted by molar-refractivity contribution is 6.56. The summed E-state index contributed by atoms with van der Waals surface area (Å²) in [5, 5.41) is 0.0162. The van der Waals surface area contributed by atoms with Gasteiger partial charge in [0.25, 0.3) is 11.8 Å². The SMILES string of the molecule is O=C1c2c(Cl)c(Cl)c(Cl)c(Cl)c2C(=O)N1c1ccc(Cl)cc1Cl. The summed E-state index contributed by atoms with van der Waals surface area (Å²) in [5.41, 5.74) is -0.0641. The van der Waals surface area contributed by atoms with Gasteiger partial charge in [-0.2, -0.15) is 0 Å². The largest absolute Gasteiger partial charge is 0.268 e. The molecular weight excluding hydrogens is 427 g/mol. The van der Waals surface area contributed by atoms with Crippen LogP contribution in [-0.2, 0) is 0 Å². The molecule has 118 valence electrons. The molecule has 0 aromatic heterocycles. The Bertz CT molecular complexity index is 849. The number of nitrogens with zero attached hydrogens (tertiary/aromatic N) is 1. The summed E-state index contributed by atoms with van der Waals surface area (Å²) in [5.74, 6) is -1.39. The van der Waals surface area contributed by atoms with Crippen molar-refractivity contribution < 1.29 is 9.59 Å². The first-order valence-electron chi connectivity index (χ1n) is 5.95.